The second-order valence-electron chi connectivity index (χ2n) is 3.73. The maximum atomic E-state index is 2.87. The standard InChI is InChI=1S/6CH3.3H2P.3Sn.3H/h6*1H3;3*1H2;;;;;;/q;;;;;;3*-1;3*+1;;;. The average molecular weight is 548 g/mol. The molecule has 0 saturated carbocycles. The van der Waals surface area contributed by atoms with Crippen LogP contribution >= 0.6 is 20.7 Å². The molecule has 0 saturated heterocycles. The normalized spacial score (nSPS) is 9.00. The summed E-state index contributed by atoms with van der Waals surface area (Å²) in [6.45, 7) is 8.60. The topological polar surface area (TPSA) is 0 Å². The summed E-state index contributed by atoms with van der Waals surface area (Å²) in [4.78, 5) is 14.0. The van der Waals surface area contributed by atoms with Gasteiger partial charge in [-0.2, -0.15) is 0 Å². The summed E-state index contributed by atoms with van der Waals surface area (Å²) in [6, 6.07) is 0. The Morgan fingerprint density at radius 1 is 0.500 bits per heavy atom. The third-order valence-electron chi connectivity index (χ3n) is 0. The molecule has 0 fully saturated rings. The fraction of sp³-hybridized carbons (Fsp3) is 1.00. The number of hydrogen-bond acceptors (Lipinski definition) is 0. The van der Waals surface area contributed by atoms with Crippen molar-refractivity contribution in [3.63, 3.8) is 0 Å². The van der Waals surface area contributed by atoms with E-state index in [0.29, 0.717) is 0 Å². The van der Waals surface area contributed by atoms with Crippen molar-refractivity contribution < 1.29 is 0 Å². The molecule has 0 amide bonds. The van der Waals surface area contributed by atoms with Gasteiger partial charge in [0.15, 0.2) is 0 Å². The van der Waals surface area contributed by atoms with Gasteiger partial charge in [-0.3, -0.25) is 0 Å². The molecule has 0 nitrogen and oxygen atoms in total. The molecule has 0 N–H and O–H groups in total. The summed E-state index contributed by atoms with van der Waals surface area (Å²) in [5, 5.41) is 0. The van der Waals surface area contributed by atoms with E-state index < -0.39 is 57.6 Å². The van der Waals surface area contributed by atoms with Gasteiger partial charge in [-0.05, 0) is 0 Å². The Morgan fingerprint density at radius 2 is 0.500 bits per heavy atom. The molecule has 0 aromatic heterocycles. The third-order valence-corrected chi connectivity index (χ3v) is 0. The summed E-state index contributed by atoms with van der Waals surface area (Å²) >= 11 is -2.16. The van der Waals surface area contributed by atoms with Crippen molar-refractivity contribution in [2.75, 3.05) is 0 Å². The van der Waals surface area contributed by atoms with Crippen molar-refractivity contribution in [2.45, 2.75) is 29.6 Å². The maximum absolute atomic E-state index is 2.87. The van der Waals surface area contributed by atoms with Crippen LogP contribution in [-0.2, 0) is 0 Å². The van der Waals surface area contributed by atoms with Crippen LogP contribution in [-0.4, -0.2) is 57.6 Å². The van der Waals surface area contributed by atoms with Crippen molar-refractivity contribution in [1.29, 1.82) is 0 Å². The SMILES string of the molecule is [CH3][SnH]([CH3])[PH2].[CH3][SnH]([CH3])[PH2].[CH3][SnH]([CH3])[PH2]. The van der Waals surface area contributed by atoms with Crippen molar-refractivity contribution in [3.05, 3.63) is 0 Å². The van der Waals surface area contributed by atoms with E-state index in [1.54, 1.807) is 0 Å². The van der Waals surface area contributed by atoms with Gasteiger partial charge in [-0.15, -0.1) is 0 Å². The van der Waals surface area contributed by atoms with Gasteiger partial charge >= 0.3 is 108 Å². The van der Waals surface area contributed by atoms with Gasteiger partial charge in [-0.1, -0.05) is 0 Å². The molecule has 0 aromatic rings. The van der Waals surface area contributed by atoms with Crippen LogP contribution in [0.1, 0.15) is 0 Å². The zero-order valence-corrected chi connectivity index (χ0v) is 22.8. The average Bonchev–Trinajstić information content (AvgIpc) is 1.54. The molecule has 6 heteroatoms. The van der Waals surface area contributed by atoms with Crippen LogP contribution in [0.4, 0.5) is 0 Å². The zero-order valence-electron chi connectivity index (χ0n) is 9.46. The quantitative estimate of drug-likeness (QED) is 0.323. The predicted octanol–water partition coefficient (Wildman–Crippen LogP) is 2.53. The van der Waals surface area contributed by atoms with E-state index >= 15 is 0 Å². The first-order valence-electron chi connectivity index (χ1n) is 4.46. The number of rotatable bonds is 0. The summed E-state index contributed by atoms with van der Waals surface area (Å²) in [5.74, 6) is 0. The molecular formula is C6H27P3Sn3. The van der Waals surface area contributed by atoms with E-state index in [4.69, 9.17) is 0 Å². The molecule has 0 bridgehead atoms. The molecule has 0 aliphatic carbocycles. The van der Waals surface area contributed by atoms with Crippen molar-refractivity contribution >= 4 is 78.3 Å². The molecule has 0 radical (unpaired) electrons. The molecular weight excluding hydrogens is 521 g/mol. The van der Waals surface area contributed by atoms with Crippen molar-refractivity contribution in [3.8, 4) is 0 Å². The fourth-order valence-electron chi connectivity index (χ4n) is 0. The molecule has 0 rings (SSSR count). The first kappa shape index (κ1) is 21.0. The van der Waals surface area contributed by atoms with Crippen LogP contribution in [0.2, 0.25) is 29.6 Å². The zero-order chi connectivity index (χ0) is 10.7. The van der Waals surface area contributed by atoms with E-state index in [-0.39, 0.29) is 0 Å². The van der Waals surface area contributed by atoms with Gasteiger partial charge in [0.1, 0.15) is 0 Å². The number of hydrogen-bond donors (Lipinski definition) is 0. The Labute approximate surface area is 106 Å². The Bertz CT molecular complexity index is 46.5. The van der Waals surface area contributed by atoms with E-state index in [2.05, 4.69) is 50.3 Å². The minimum atomic E-state index is -0.720. The first-order chi connectivity index (χ1) is 5.20. The summed E-state index contributed by atoms with van der Waals surface area (Å²) < 4.78 is 0. The monoisotopic (exact) mass is 552 g/mol. The second kappa shape index (κ2) is 17.1. The van der Waals surface area contributed by atoms with E-state index in [0.717, 1.165) is 0 Å². The van der Waals surface area contributed by atoms with Crippen LogP contribution in [0.15, 0.2) is 0 Å². The molecule has 0 spiro atoms. The van der Waals surface area contributed by atoms with Gasteiger partial charge in [0, 0.05) is 0 Å². The Morgan fingerprint density at radius 3 is 0.500 bits per heavy atom. The van der Waals surface area contributed by atoms with Gasteiger partial charge in [0.2, 0.25) is 0 Å². The van der Waals surface area contributed by atoms with Crippen LogP contribution in [0.5, 0.6) is 0 Å². The molecule has 3 atom stereocenters. The predicted molar refractivity (Wildman–Crippen MR) is 85.8 cm³/mol. The second-order valence-corrected chi connectivity index (χ2v) is 51.9. The third kappa shape index (κ3) is 162. The summed E-state index contributed by atoms with van der Waals surface area (Å²) in [7, 11) is 0. The molecule has 12 heavy (non-hydrogen) atoms. The molecule has 0 aliphatic heterocycles. The van der Waals surface area contributed by atoms with Gasteiger partial charge < -0.3 is 0 Å². The van der Waals surface area contributed by atoms with Crippen molar-refractivity contribution in [2.24, 2.45) is 0 Å². The Hall–Kier alpha value is 3.69. The van der Waals surface area contributed by atoms with E-state index in [1.807, 2.05) is 0 Å². The van der Waals surface area contributed by atoms with E-state index in [1.165, 1.54) is 0 Å². The van der Waals surface area contributed by atoms with Crippen LogP contribution in [0.3, 0.4) is 0 Å². The fourth-order valence-corrected chi connectivity index (χ4v) is 0. The van der Waals surface area contributed by atoms with Gasteiger partial charge in [0.25, 0.3) is 0 Å². The van der Waals surface area contributed by atoms with Gasteiger partial charge in [-0.25, -0.2) is 0 Å². The van der Waals surface area contributed by atoms with Crippen molar-refractivity contribution in [1.82, 2.24) is 0 Å². The first-order valence-corrected chi connectivity index (χ1v) is 43.4. The molecule has 0 aliphatic rings. The Balaban J connectivity index is -0.000000101. The van der Waals surface area contributed by atoms with Gasteiger partial charge in [0.05, 0.1) is 0 Å². The summed E-state index contributed by atoms with van der Waals surface area (Å²) in [5.41, 5.74) is 0. The summed E-state index contributed by atoms with van der Waals surface area (Å²) in [6.07, 6.45) is 0. The molecule has 78 valence electrons. The Kier molecular flexibility index (Phi) is 29.9. The molecule has 0 heterocycles. The molecule has 3 unspecified atom stereocenters. The van der Waals surface area contributed by atoms with E-state index in [9.17, 15) is 0 Å². The van der Waals surface area contributed by atoms with Crippen LogP contribution < -0.4 is 0 Å². The minimum absolute atomic E-state index is 0.720. The molecule has 0 aromatic carbocycles. The van der Waals surface area contributed by atoms with Crippen LogP contribution in [0, 0.1) is 0 Å². The van der Waals surface area contributed by atoms with Crippen LogP contribution in [0.25, 0.3) is 0 Å².